The summed E-state index contributed by atoms with van der Waals surface area (Å²) < 4.78 is 8.06. The quantitative estimate of drug-likeness (QED) is 0.704. The van der Waals surface area contributed by atoms with Crippen LogP contribution in [0, 0.1) is 0 Å². The molecule has 4 rings (SSSR count). The van der Waals surface area contributed by atoms with Gasteiger partial charge in [-0.2, -0.15) is 5.10 Å². The molecule has 3 aromatic rings. The molecular weight excluding hydrogens is 372 g/mol. The highest BCUT2D eigenvalue weighted by Crippen LogP contribution is 2.19. The van der Waals surface area contributed by atoms with Crippen LogP contribution < -0.4 is 15.8 Å². The van der Waals surface area contributed by atoms with Gasteiger partial charge in [0.25, 0.3) is 5.56 Å². The molecule has 3 heterocycles. The van der Waals surface area contributed by atoms with E-state index < -0.39 is 6.04 Å². The fraction of sp³-hybridized carbons (Fsp3) is 0.300. The second kappa shape index (κ2) is 8.27. The summed E-state index contributed by atoms with van der Waals surface area (Å²) in [5.74, 6) is 0.139. The normalized spacial score (nSPS) is 15.1. The molecule has 1 aliphatic heterocycles. The Morgan fingerprint density at radius 2 is 1.90 bits per heavy atom. The first-order valence-electron chi connectivity index (χ1n) is 9.45. The third-order valence-electron chi connectivity index (χ3n) is 4.81. The van der Waals surface area contributed by atoms with Crippen LogP contribution in [0.4, 0.5) is 11.4 Å². The van der Waals surface area contributed by atoms with Gasteiger partial charge >= 0.3 is 0 Å². The van der Waals surface area contributed by atoms with Gasteiger partial charge in [-0.25, -0.2) is 9.36 Å². The Balaban J connectivity index is 1.47. The summed E-state index contributed by atoms with van der Waals surface area (Å²) in [6, 6.07) is 11.6. The van der Waals surface area contributed by atoms with Gasteiger partial charge in [0.2, 0.25) is 5.91 Å². The molecule has 1 fully saturated rings. The second-order valence-electron chi connectivity index (χ2n) is 6.74. The number of carbonyl (C=O) groups excluding carboxylic acids is 1. The van der Waals surface area contributed by atoms with Gasteiger partial charge in [0, 0.05) is 42.9 Å². The van der Waals surface area contributed by atoms with E-state index in [9.17, 15) is 9.59 Å². The van der Waals surface area contributed by atoms with E-state index in [1.54, 1.807) is 31.5 Å². The third kappa shape index (κ3) is 4.19. The number of anilines is 2. The first-order chi connectivity index (χ1) is 14.1. The Morgan fingerprint density at radius 3 is 2.59 bits per heavy atom. The van der Waals surface area contributed by atoms with Crippen LogP contribution in [0.1, 0.15) is 13.0 Å². The number of amides is 1. The summed E-state index contributed by atoms with van der Waals surface area (Å²) in [6.45, 7) is 4.78. The van der Waals surface area contributed by atoms with Gasteiger partial charge in [-0.05, 0) is 43.3 Å². The number of hydrogen-bond acceptors (Lipinski definition) is 6. The van der Waals surface area contributed by atoms with Crippen LogP contribution in [0.5, 0.6) is 0 Å². The van der Waals surface area contributed by atoms with Gasteiger partial charge in [-0.15, -0.1) is 5.10 Å². The van der Waals surface area contributed by atoms with Crippen molar-refractivity contribution in [2.75, 3.05) is 36.5 Å². The van der Waals surface area contributed by atoms with Crippen LogP contribution in [0.15, 0.2) is 59.7 Å². The van der Waals surface area contributed by atoms with Crippen LogP contribution in [-0.4, -0.2) is 51.8 Å². The number of morpholine rings is 1. The smallest absolute Gasteiger partial charge is 0.267 e. The van der Waals surface area contributed by atoms with Gasteiger partial charge in [-0.1, -0.05) is 0 Å². The number of ether oxygens (including phenoxy) is 1. The minimum atomic E-state index is -0.781. The molecule has 0 aliphatic carbocycles. The van der Waals surface area contributed by atoms with E-state index in [-0.39, 0.29) is 11.5 Å². The molecule has 9 heteroatoms. The first kappa shape index (κ1) is 18.9. The maximum atomic E-state index is 12.7. The average Bonchev–Trinajstić information content (AvgIpc) is 3.30. The lowest BCUT2D eigenvalue weighted by molar-refractivity contribution is -0.119. The van der Waals surface area contributed by atoms with E-state index in [0.717, 1.165) is 36.7 Å². The van der Waals surface area contributed by atoms with Gasteiger partial charge < -0.3 is 15.0 Å². The summed E-state index contributed by atoms with van der Waals surface area (Å²) in [7, 11) is 0. The molecule has 0 saturated carbocycles. The van der Waals surface area contributed by atoms with Gasteiger partial charge in [0.1, 0.15) is 6.04 Å². The van der Waals surface area contributed by atoms with Crippen molar-refractivity contribution in [1.29, 1.82) is 0 Å². The highest BCUT2D eigenvalue weighted by molar-refractivity contribution is 5.93. The summed E-state index contributed by atoms with van der Waals surface area (Å²) in [5.41, 5.74) is 1.39. The number of nitrogens with zero attached hydrogens (tertiary/aromatic N) is 5. The Kier molecular flexibility index (Phi) is 5.39. The summed E-state index contributed by atoms with van der Waals surface area (Å²) >= 11 is 0. The molecule has 1 aromatic carbocycles. The van der Waals surface area contributed by atoms with Crippen molar-refractivity contribution in [3.05, 3.63) is 65.2 Å². The lowest BCUT2D eigenvalue weighted by Crippen LogP contribution is -2.36. The first-order valence-corrected chi connectivity index (χ1v) is 9.45. The number of nitrogens with one attached hydrogen (secondary N) is 1. The Hall–Kier alpha value is -3.46. The van der Waals surface area contributed by atoms with Gasteiger partial charge in [0.05, 0.1) is 13.2 Å². The number of carbonyl (C=O) groups is 1. The maximum Gasteiger partial charge on any atom is 0.267 e. The molecule has 1 aliphatic rings. The van der Waals surface area contributed by atoms with Crippen LogP contribution in [-0.2, 0) is 9.53 Å². The van der Waals surface area contributed by atoms with Crippen molar-refractivity contribution in [3.8, 4) is 5.82 Å². The topological polar surface area (TPSA) is 94.3 Å². The fourth-order valence-corrected chi connectivity index (χ4v) is 3.15. The summed E-state index contributed by atoms with van der Waals surface area (Å²) in [6.07, 6.45) is 3.34. The number of rotatable bonds is 5. The van der Waals surface area contributed by atoms with Crippen molar-refractivity contribution in [1.82, 2.24) is 19.6 Å². The standard InChI is InChI=1S/C20H22N6O3/c1-15(26-19(27)8-7-18(23-26)25-10-2-9-21-25)20(28)22-16-3-5-17(6-4-16)24-11-13-29-14-12-24/h2-10,15H,11-14H2,1H3,(H,22,28). The molecule has 29 heavy (non-hydrogen) atoms. The van der Waals surface area contributed by atoms with Crippen LogP contribution in [0.3, 0.4) is 0 Å². The predicted molar refractivity (Wildman–Crippen MR) is 108 cm³/mol. The maximum absolute atomic E-state index is 12.7. The van der Waals surface area contributed by atoms with Crippen molar-refractivity contribution in [2.24, 2.45) is 0 Å². The highest BCUT2D eigenvalue weighted by atomic mass is 16.5. The molecule has 1 N–H and O–H groups in total. The van der Waals surface area contributed by atoms with E-state index >= 15 is 0 Å². The SMILES string of the molecule is CC(C(=O)Nc1ccc(N2CCOCC2)cc1)n1nc(-n2cccn2)ccc1=O. The number of benzene rings is 1. The molecule has 1 unspecified atom stereocenters. The Morgan fingerprint density at radius 1 is 1.14 bits per heavy atom. The van der Waals surface area contributed by atoms with Gasteiger partial charge in [0.15, 0.2) is 5.82 Å². The zero-order chi connectivity index (χ0) is 20.2. The second-order valence-corrected chi connectivity index (χ2v) is 6.74. The van der Waals surface area contributed by atoms with E-state index in [0.29, 0.717) is 11.5 Å². The van der Waals surface area contributed by atoms with Crippen molar-refractivity contribution < 1.29 is 9.53 Å². The van der Waals surface area contributed by atoms with Crippen molar-refractivity contribution in [3.63, 3.8) is 0 Å². The number of aromatic nitrogens is 4. The largest absolute Gasteiger partial charge is 0.378 e. The average molecular weight is 394 g/mol. The molecule has 0 bridgehead atoms. The van der Waals surface area contributed by atoms with E-state index in [1.165, 1.54) is 10.7 Å². The lowest BCUT2D eigenvalue weighted by Gasteiger charge is -2.29. The fourth-order valence-electron chi connectivity index (χ4n) is 3.15. The van der Waals surface area contributed by atoms with Crippen molar-refractivity contribution in [2.45, 2.75) is 13.0 Å². The molecule has 9 nitrogen and oxygen atoms in total. The van der Waals surface area contributed by atoms with Crippen LogP contribution in [0.2, 0.25) is 0 Å². The minimum Gasteiger partial charge on any atom is -0.378 e. The van der Waals surface area contributed by atoms with E-state index in [2.05, 4.69) is 20.4 Å². The van der Waals surface area contributed by atoms with Crippen LogP contribution >= 0.6 is 0 Å². The summed E-state index contributed by atoms with van der Waals surface area (Å²) in [5, 5.41) is 11.2. The summed E-state index contributed by atoms with van der Waals surface area (Å²) in [4.78, 5) is 27.2. The van der Waals surface area contributed by atoms with Crippen molar-refractivity contribution >= 4 is 17.3 Å². The molecule has 0 spiro atoms. The Labute approximate surface area is 167 Å². The molecule has 0 radical (unpaired) electrons. The molecular formula is C20H22N6O3. The third-order valence-corrected chi connectivity index (χ3v) is 4.81. The zero-order valence-corrected chi connectivity index (χ0v) is 16.1. The highest BCUT2D eigenvalue weighted by Gasteiger charge is 2.19. The monoisotopic (exact) mass is 394 g/mol. The Bertz CT molecular complexity index is 1020. The molecule has 2 aromatic heterocycles. The van der Waals surface area contributed by atoms with Crippen LogP contribution in [0.25, 0.3) is 5.82 Å². The van der Waals surface area contributed by atoms with E-state index in [4.69, 9.17) is 4.74 Å². The lowest BCUT2D eigenvalue weighted by atomic mass is 10.2. The van der Waals surface area contributed by atoms with E-state index in [1.807, 2.05) is 24.3 Å². The molecule has 1 atom stereocenters. The number of hydrogen-bond donors (Lipinski definition) is 1. The molecule has 1 amide bonds. The zero-order valence-electron chi connectivity index (χ0n) is 16.1. The molecule has 150 valence electrons. The predicted octanol–water partition coefficient (Wildman–Crippen LogP) is 1.47. The molecule has 1 saturated heterocycles. The van der Waals surface area contributed by atoms with Gasteiger partial charge in [-0.3, -0.25) is 9.59 Å². The minimum absolute atomic E-state index is 0.323.